The molecular weight excluding hydrogens is 320 g/mol. The number of thiazole rings is 1. The van der Waals surface area contributed by atoms with Gasteiger partial charge in [-0.15, -0.1) is 21.5 Å². The first kappa shape index (κ1) is 15.7. The van der Waals surface area contributed by atoms with Crippen LogP contribution in [0.5, 0.6) is 0 Å². The van der Waals surface area contributed by atoms with Crippen LogP contribution in [0.3, 0.4) is 0 Å². The lowest BCUT2D eigenvalue weighted by Gasteiger charge is -2.23. The Hall–Kier alpha value is -1.68. The number of alkyl halides is 2. The van der Waals surface area contributed by atoms with Crippen LogP contribution in [0.15, 0.2) is 6.20 Å². The number of nitrogens with one attached hydrogen (secondary N) is 2. The summed E-state index contributed by atoms with van der Waals surface area (Å²) < 4.78 is 24.8. The van der Waals surface area contributed by atoms with Crippen LogP contribution in [0.25, 0.3) is 0 Å². The molecule has 0 aliphatic heterocycles. The number of anilines is 1. The molecular formula is C11H13F2N5OS2. The lowest BCUT2D eigenvalue weighted by atomic mass is 10.1. The summed E-state index contributed by atoms with van der Waals surface area (Å²) in [7, 11) is 0. The number of aryl methyl sites for hydroxylation is 1. The molecule has 10 heteroatoms. The zero-order chi connectivity index (χ0) is 15.6. The molecule has 2 aromatic rings. The number of aromatic nitrogens is 3. The third kappa shape index (κ3) is 3.91. The van der Waals surface area contributed by atoms with Crippen molar-refractivity contribution < 1.29 is 13.6 Å². The van der Waals surface area contributed by atoms with Gasteiger partial charge < -0.3 is 5.32 Å². The molecule has 21 heavy (non-hydrogen) atoms. The van der Waals surface area contributed by atoms with Gasteiger partial charge in [0, 0.05) is 11.1 Å². The molecule has 0 saturated heterocycles. The van der Waals surface area contributed by atoms with E-state index in [1.54, 1.807) is 20.0 Å². The van der Waals surface area contributed by atoms with Crippen LogP contribution >= 0.6 is 22.7 Å². The van der Waals surface area contributed by atoms with E-state index < -0.39 is 23.0 Å². The van der Waals surface area contributed by atoms with Gasteiger partial charge in [-0.05, 0) is 20.8 Å². The van der Waals surface area contributed by atoms with E-state index in [-0.39, 0.29) is 5.13 Å². The number of carbonyl (C=O) groups excluding carboxylic acids is 1. The molecule has 2 heterocycles. The van der Waals surface area contributed by atoms with Crippen LogP contribution in [-0.2, 0) is 5.54 Å². The summed E-state index contributed by atoms with van der Waals surface area (Å²) in [5.41, 5.74) is -0.681. The summed E-state index contributed by atoms with van der Waals surface area (Å²) in [6, 6.07) is -0.551. The van der Waals surface area contributed by atoms with Crippen molar-refractivity contribution in [3.63, 3.8) is 0 Å². The Morgan fingerprint density at radius 1 is 1.33 bits per heavy atom. The maximum Gasteiger partial charge on any atom is 0.321 e. The first-order valence-corrected chi connectivity index (χ1v) is 7.55. The maximum absolute atomic E-state index is 12.4. The highest BCUT2D eigenvalue weighted by Crippen LogP contribution is 2.26. The van der Waals surface area contributed by atoms with Crippen LogP contribution in [0.2, 0.25) is 0 Å². The molecule has 6 nitrogen and oxygen atoms in total. The maximum atomic E-state index is 12.4. The van der Waals surface area contributed by atoms with Crippen molar-refractivity contribution in [2.75, 3.05) is 5.32 Å². The van der Waals surface area contributed by atoms with Crippen LogP contribution < -0.4 is 10.6 Å². The van der Waals surface area contributed by atoms with Crippen molar-refractivity contribution in [2.24, 2.45) is 0 Å². The Kier molecular flexibility index (Phi) is 4.47. The second-order valence-corrected chi connectivity index (χ2v) is 6.97. The number of amides is 2. The van der Waals surface area contributed by atoms with E-state index in [9.17, 15) is 13.6 Å². The van der Waals surface area contributed by atoms with E-state index in [0.29, 0.717) is 11.3 Å². The van der Waals surface area contributed by atoms with E-state index in [4.69, 9.17) is 0 Å². The molecule has 2 rings (SSSR count). The first-order valence-electron chi connectivity index (χ1n) is 5.91. The van der Waals surface area contributed by atoms with Gasteiger partial charge in [0.1, 0.15) is 5.01 Å². The average molecular weight is 333 g/mol. The second-order valence-electron chi connectivity index (χ2n) is 4.73. The van der Waals surface area contributed by atoms with Crippen molar-refractivity contribution >= 4 is 33.8 Å². The lowest BCUT2D eigenvalue weighted by Crippen LogP contribution is -2.43. The van der Waals surface area contributed by atoms with Gasteiger partial charge in [-0.25, -0.2) is 18.6 Å². The van der Waals surface area contributed by atoms with Crippen LogP contribution in [-0.4, -0.2) is 21.2 Å². The highest BCUT2D eigenvalue weighted by atomic mass is 32.1. The Morgan fingerprint density at radius 3 is 2.57 bits per heavy atom. The standard InChI is InChI=1S/C11H13F2N5OS2/c1-5-4-14-8(20-5)11(2,3)16-9(19)15-10-18-17-7(21-10)6(12)13/h4,6H,1-3H3,(H2,15,16,18,19). The number of halogens is 2. The monoisotopic (exact) mass is 333 g/mol. The van der Waals surface area contributed by atoms with E-state index in [2.05, 4.69) is 25.8 Å². The topological polar surface area (TPSA) is 79.8 Å². The summed E-state index contributed by atoms with van der Waals surface area (Å²) >= 11 is 2.11. The third-order valence-electron chi connectivity index (χ3n) is 2.43. The Labute approximate surface area is 127 Å². The largest absolute Gasteiger partial charge is 0.326 e. The van der Waals surface area contributed by atoms with Gasteiger partial charge in [-0.3, -0.25) is 5.32 Å². The molecule has 0 spiro atoms. The molecule has 0 saturated carbocycles. The van der Waals surface area contributed by atoms with Gasteiger partial charge in [-0.1, -0.05) is 11.3 Å². The van der Waals surface area contributed by atoms with Gasteiger partial charge in [0.05, 0.1) is 5.54 Å². The smallest absolute Gasteiger partial charge is 0.321 e. The van der Waals surface area contributed by atoms with E-state index in [1.165, 1.54) is 11.3 Å². The van der Waals surface area contributed by atoms with Gasteiger partial charge in [0.15, 0.2) is 5.01 Å². The number of hydrogen-bond donors (Lipinski definition) is 2. The van der Waals surface area contributed by atoms with Crippen LogP contribution in [0.1, 0.15) is 35.2 Å². The highest BCUT2D eigenvalue weighted by Gasteiger charge is 2.26. The predicted molar refractivity (Wildman–Crippen MR) is 76.9 cm³/mol. The molecule has 0 aliphatic rings. The molecule has 0 aromatic carbocycles. The normalized spacial score (nSPS) is 11.7. The predicted octanol–water partition coefficient (Wildman–Crippen LogP) is 3.30. The van der Waals surface area contributed by atoms with E-state index in [0.717, 1.165) is 9.88 Å². The summed E-state index contributed by atoms with van der Waals surface area (Å²) in [6.45, 7) is 5.52. The number of urea groups is 1. The summed E-state index contributed by atoms with van der Waals surface area (Å²) in [5, 5.41) is 12.2. The van der Waals surface area contributed by atoms with Crippen LogP contribution in [0, 0.1) is 6.92 Å². The minimum Gasteiger partial charge on any atom is -0.326 e. The Balaban J connectivity index is 2.00. The Bertz CT molecular complexity index is 640. The molecule has 2 aromatic heterocycles. The Morgan fingerprint density at radius 2 is 2.05 bits per heavy atom. The van der Waals surface area contributed by atoms with Gasteiger partial charge >= 0.3 is 6.03 Å². The number of hydrogen-bond acceptors (Lipinski definition) is 6. The van der Waals surface area contributed by atoms with Gasteiger partial charge in [0.2, 0.25) is 5.13 Å². The number of nitrogens with zero attached hydrogens (tertiary/aromatic N) is 3. The van der Waals surface area contributed by atoms with Crippen molar-refractivity contribution in [1.82, 2.24) is 20.5 Å². The molecule has 0 radical (unpaired) electrons. The third-order valence-corrected chi connectivity index (χ3v) is 4.51. The van der Waals surface area contributed by atoms with Crippen molar-refractivity contribution in [2.45, 2.75) is 32.7 Å². The van der Waals surface area contributed by atoms with E-state index in [1.807, 2.05) is 6.92 Å². The second kappa shape index (κ2) is 5.98. The van der Waals surface area contributed by atoms with Gasteiger partial charge in [-0.2, -0.15) is 0 Å². The number of carbonyl (C=O) groups is 1. The minimum absolute atomic E-state index is 0.0221. The summed E-state index contributed by atoms with van der Waals surface area (Å²) in [6.07, 6.45) is -0.975. The zero-order valence-electron chi connectivity index (χ0n) is 11.5. The highest BCUT2D eigenvalue weighted by molar-refractivity contribution is 7.15. The molecule has 2 amide bonds. The lowest BCUT2D eigenvalue weighted by molar-refractivity contribution is 0.150. The quantitative estimate of drug-likeness (QED) is 0.900. The van der Waals surface area contributed by atoms with E-state index >= 15 is 0 Å². The average Bonchev–Trinajstić information content (AvgIpc) is 2.97. The van der Waals surface area contributed by atoms with Crippen LogP contribution in [0.4, 0.5) is 18.7 Å². The van der Waals surface area contributed by atoms with Crippen molar-refractivity contribution in [3.8, 4) is 0 Å². The molecule has 0 unspecified atom stereocenters. The summed E-state index contributed by atoms with van der Waals surface area (Å²) in [4.78, 5) is 17.2. The first-order chi connectivity index (χ1) is 9.78. The molecule has 114 valence electrons. The molecule has 0 aliphatic carbocycles. The zero-order valence-corrected chi connectivity index (χ0v) is 13.1. The molecule has 2 N–H and O–H groups in total. The fraction of sp³-hybridized carbons (Fsp3) is 0.455. The fourth-order valence-electron chi connectivity index (χ4n) is 1.48. The SMILES string of the molecule is Cc1cnc(C(C)(C)NC(=O)Nc2nnc(C(F)F)s2)s1. The fourth-order valence-corrected chi connectivity index (χ4v) is 2.90. The summed E-state index contributed by atoms with van der Waals surface area (Å²) in [5.74, 6) is 0. The molecule has 0 bridgehead atoms. The van der Waals surface area contributed by atoms with Crippen molar-refractivity contribution in [1.29, 1.82) is 0 Å². The van der Waals surface area contributed by atoms with Gasteiger partial charge in [0.25, 0.3) is 6.43 Å². The minimum atomic E-state index is -2.70. The molecule has 0 fully saturated rings. The molecule has 0 atom stereocenters. The van der Waals surface area contributed by atoms with Crippen molar-refractivity contribution in [3.05, 3.63) is 21.1 Å². The number of rotatable bonds is 4.